The molecule has 6 N–H and O–H groups in total. The molecule has 0 aliphatic heterocycles. The van der Waals surface area contributed by atoms with Crippen LogP contribution in [0.3, 0.4) is 0 Å². The molecule has 0 radical (unpaired) electrons. The lowest BCUT2D eigenvalue weighted by atomic mass is 10.2. The minimum Gasteiger partial charge on any atom is -0.456 e. The van der Waals surface area contributed by atoms with E-state index in [1.54, 1.807) is 0 Å². The van der Waals surface area contributed by atoms with E-state index < -0.39 is 12.1 Å². The van der Waals surface area contributed by atoms with E-state index in [9.17, 15) is 9.59 Å². The van der Waals surface area contributed by atoms with Crippen molar-refractivity contribution in [3.05, 3.63) is 71.8 Å². The first-order chi connectivity index (χ1) is 13.6. The number of hydrogen-bond donors (Lipinski definition) is 2. The van der Waals surface area contributed by atoms with Crippen molar-refractivity contribution in [2.75, 3.05) is 11.5 Å². The minimum absolute atomic E-state index is 0.248. The van der Waals surface area contributed by atoms with Gasteiger partial charge in [0.1, 0.15) is 13.2 Å². The fraction of sp³-hybridized carbons (Fsp3) is 0.300. The number of rotatable bonds is 11. The third-order valence-electron chi connectivity index (χ3n) is 3.74. The fourth-order valence-electron chi connectivity index (χ4n) is 2.09. The Hall–Kier alpha value is -2.00. The number of esters is 2. The average molecular weight is 423 g/mol. The predicted octanol–water partition coefficient (Wildman–Crippen LogP) is 1.08. The monoisotopic (exact) mass is 422 g/mol. The Morgan fingerprint density at radius 3 is 1.43 bits per heavy atom. The first kappa shape index (κ1) is 22.3. The van der Waals surface area contributed by atoms with Crippen LogP contribution < -0.4 is 11.5 Å². The summed E-state index contributed by atoms with van der Waals surface area (Å²) in [6.45, 7) is 0.495. The predicted molar refractivity (Wildman–Crippen MR) is 111 cm³/mol. The quantitative estimate of drug-likeness (QED) is 0.319. The van der Waals surface area contributed by atoms with Gasteiger partial charge in [-0.15, -0.1) is 0 Å². The van der Waals surface area contributed by atoms with Gasteiger partial charge in [0.2, 0.25) is 0 Å². The summed E-state index contributed by atoms with van der Waals surface area (Å²) in [7, 11) is 2.95. The van der Waals surface area contributed by atoms with Gasteiger partial charge in [-0.1, -0.05) is 82.3 Å². The van der Waals surface area contributed by atoms with Gasteiger partial charge in [-0.2, -0.15) is 0 Å². The molecule has 2 aromatic rings. The highest BCUT2D eigenvalue weighted by Gasteiger charge is 2.22. The van der Waals surface area contributed by atoms with Gasteiger partial charge in [0, 0.05) is 0 Å². The highest BCUT2D eigenvalue weighted by Crippen LogP contribution is 2.22. The van der Waals surface area contributed by atoms with Crippen LogP contribution in [-0.2, 0) is 32.3 Å². The summed E-state index contributed by atoms with van der Waals surface area (Å²) in [5.74, 6) is 0.351. The Balaban J connectivity index is 1.57. The van der Waals surface area contributed by atoms with Gasteiger partial charge in [-0.05, 0) is 11.1 Å². The summed E-state index contributed by atoms with van der Waals surface area (Å²) in [5.41, 5.74) is 9.59. The maximum absolute atomic E-state index is 12.0. The Kier molecular flexibility index (Phi) is 9.92. The van der Waals surface area contributed by atoms with Crippen molar-refractivity contribution in [1.82, 2.24) is 0 Å². The van der Waals surface area contributed by atoms with E-state index in [0.29, 0.717) is 11.5 Å². The van der Waals surface area contributed by atoms with Crippen molar-refractivity contribution in [2.45, 2.75) is 25.3 Å². The lowest BCUT2D eigenvalue weighted by Crippen LogP contribution is -2.67. The number of carbonyl (C=O) groups excluding carboxylic acids is 2. The summed E-state index contributed by atoms with van der Waals surface area (Å²) < 4.78 is 10.5. The van der Waals surface area contributed by atoms with Crippen LogP contribution in [0.1, 0.15) is 11.1 Å². The van der Waals surface area contributed by atoms with Crippen molar-refractivity contribution in [3.8, 4) is 0 Å². The SMILES string of the molecule is [NH3+]C(CSSCC([NH3+])C(=O)OCc1ccccc1)C(=O)OCc1ccccc1. The molecular formula is C20H26N2O4S2+2. The zero-order valence-electron chi connectivity index (χ0n) is 15.6. The highest BCUT2D eigenvalue weighted by molar-refractivity contribution is 8.76. The van der Waals surface area contributed by atoms with E-state index >= 15 is 0 Å². The molecule has 0 aromatic heterocycles. The van der Waals surface area contributed by atoms with Crippen LogP contribution in [0.25, 0.3) is 0 Å². The zero-order chi connectivity index (χ0) is 20.2. The summed E-state index contributed by atoms with van der Waals surface area (Å²) in [4.78, 5) is 24.0. The van der Waals surface area contributed by atoms with E-state index in [-0.39, 0.29) is 25.2 Å². The van der Waals surface area contributed by atoms with Gasteiger partial charge in [0.15, 0.2) is 12.1 Å². The van der Waals surface area contributed by atoms with Crippen molar-refractivity contribution in [3.63, 3.8) is 0 Å². The molecule has 2 atom stereocenters. The summed E-state index contributed by atoms with van der Waals surface area (Å²) >= 11 is 0. The van der Waals surface area contributed by atoms with E-state index in [1.165, 1.54) is 21.6 Å². The second-order valence-corrected chi connectivity index (χ2v) is 8.70. The Morgan fingerprint density at radius 1 is 0.714 bits per heavy atom. The molecule has 0 spiro atoms. The molecule has 0 saturated carbocycles. The molecule has 2 rings (SSSR count). The van der Waals surface area contributed by atoms with Crippen LogP contribution in [0.4, 0.5) is 0 Å². The molecule has 0 heterocycles. The maximum atomic E-state index is 12.0. The molecule has 0 aliphatic rings. The van der Waals surface area contributed by atoms with E-state index in [0.717, 1.165) is 11.1 Å². The molecule has 0 amide bonds. The Morgan fingerprint density at radius 2 is 1.07 bits per heavy atom. The van der Waals surface area contributed by atoms with Gasteiger partial charge < -0.3 is 20.9 Å². The molecule has 8 heteroatoms. The van der Waals surface area contributed by atoms with Crippen LogP contribution >= 0.6 is 21.6 Å². The molecule has 150 valence electrons. The first-order valence-electron chi connectivity index (χ1n) is 8.88. The summed E-state index contributed by atoms with van der Waals surface area (Å²) in [5, 5.41) is 0. The first-order valence-corrected chi connectivity index (χ1v) is 11.4. The fourth-order valence-corrected chi connectivity index (χ4v) is 4.45. The maximum Gasteiger partial charge on any atom is 0.366 e. The van der Waals surface area contributed by atoms with Crippen LogP contribution in [0.2, 0.25) is 0 Å². The third-order valence-corrected chi connectivity index (χ3v) is 6.30. The summed E-state index contributed by atoms with van der Waals surface area (Å²) in [6.07, 6.45) is 0. The topological polar surface area (TPSA) is 108 Å². The van der Waals surface area contributed by atoms with Crippen molar-refractivity contribution < 1.29 is 30.5 Å². The van der Waals surface area contributed by atoms with Gasteiger partial charge in [-0.3, -0.25) is 0 Å². The Bertz CT molecular complexity index is 668. The number of benzene rings is 2. The Labute approximate surface area is 172 Å². The lowest BCUT2D eigenvalue weighted by molar-refractivity contribution is -0.401. The van der Waals surface area contributed by atoms with Crippen LogP contribution in [0.15, 0.2) is 60.7 Å². The average Bonchev–Trinajstić information content (AvgIpc) is 2.74. The minimum atomic E-state index is -0.463. The number of hydrogen-bond acceptors (Lipinski definition) is 6. The van der Waals surface area contributed by atoms with Crippen LogP contribution in [0, 0.1) is 0 Å². The third kappa shape index (κ3) is 8.35. The van der Waals surface area contributed by atoms with Crippen LogP contribution in [0.5, 0.6) is 0 Å². The summed E-state index contributed by atoms with van der Waals surface area (Å²) in [6, 6.07) is 18.1. The second kappa shape index (κ2) is 12.5. The molecule has 2 aromatic carbocycles. The highest BCUT2D eigenvalue weighted by atomic mass is 33.1. The molecule has 0 fully saturated rings. The van der Waals surface area contributed by atoms with E-state index in [1.807, 2.05) is 60.7 Å². The molecule has 28 heavy (non-hydrogen) atoms. The van der Waals surface area contributed by atoms with Gasteiger partial charge >= 0.3 is 11.9 Å². The second-order valence-electron chi connectivity index (χ2n) is 6.15. The molecule has 0 aliphatic carbocycles. The largest absolute Gasteiger partial charge is 0.456 e. The van der Waals surface area contributed by atoms with Gasteiger partial charge in [-0.25, -0.2) is 9.59 Å². The smallest absolute Gasteiger partial charge is 0.366 e. The molecule has 0 bridgehead atoms. The zero-order valence-corrected chi connectivity index (χ0v) is 17.3. The van der Waals surface area contributed by atoms with Crippen molar-refractivity contribution in [2.24, 2.45) is 0 Å². The molecule has 0 saturated heterocycles. The van der Waals surface area contributed by atoms with Crippen molar-refractivity contribution in [1.29, 1.82) is 0 Å². The lowest BCUT2D eigenvalue weighted by Gasteiger charge is -2.10. The molecular weight excluding hydrogens is 396 g/mol. The number of ether oxygens (including phenoxy) is 2. The van der Waals surface area contributed by atoms with Gasteiger partial charge in [0.05, 0.1) is 11.5 Å². The molecule has 6 nitrogen and oxygen atoms in total. The van der Waals surface area contributed by atoms with Crippen LogP contribution in [-0.4, -0.2) is 35.5 Å². The standard InChI is InChI=1S/C20H24N2O4S2/c21-17(19(23)25-11-15-7-3-1-4-8-15)13-27-28-14-18(22)20(24)26-12-16-9-5-2-6-10-16/h1-10,17-18H,11-14,21-22H2/p+2. The van der Waals surface area contributed by atoms with Gasteiger partial charge in [0.25, 0.3) is 0 Å². The number of quaternary nitrogens is 2. The van der Waals surface area contributed by atoms with E-state index in [2.05, 4.69) is 11.5 Å². The normalized spacial score (nSPS) is 12.8. The van der Waals surface area contributed by atoms with Crippen molar-refractivity contribution >= 4 is 33.5 Å². The van der Waals surface area contributed by atoms with E-state index in [4.69, 9.17) is 9.47 Å². The number of carbonyl (C=O) groups is 2. The molecule has 2 unspecified atom stereocenters.